The fourth-order valence-corrected chi connectivity index (χ4v) is 3.43. The molecule has 4 heteroatoms. The van der Waals surface area contributed by atoms with Crippen LogP contribution in [0.2, 0.25) is 0 Å². The van der Waals surface area contributed by atoms with Crippen molar-refractivity contribution >= 4 is 17.4 Å². The number of aryl methyl sites for hydroxylation is 2. The number of hydrogen-bond donors (Lipinski definition) is 0. The summed E-state index contributed by atoms with van der Waals surface area (Å²) < 4.78 is 5.69. The maximum atomic E-state index is 12.7. The van der Waals surface area contributed by atoms with Crippen LogP contribution in [0.5, 0.6) is 5.75 Å². The number of rotatable bonds is 6. The molecule has 2 aromatic carbocycles. The van der Waals surface area contributed by atoms with Crippen LogP contribution in [-0.4, -0.2) is 24.8 Å². The first-order chi connectivity index (χ1) is 12.6. The van der Waals surface area contributed by atoms with Crippen LogP contribution in [0.25, 0.3) is 0 Å². The first-order valence-electron chi connectivity index (χ1n) is 9.19. The Morgan fingerprint density at radius 1 is 1.12 bits per heavy atom. The van der Waals surface area contributed by atoms with E-state index in [1.807, 2.05) is 4.90 Å². The van der Waals surface area contributed by atoms with Gasteiger partial charge in [0.15, 0.2) is 5.78 Å². The molecule has 1 amide bonds. The number of ether oxygens (including phenoxy) is 1. The number of carbonyl (C=O) groups excluding carboxylic acids is 2. The molecule has 0 N–H and O–H groups in total. The molecular weight excluding hydrogens is 326 g/mol. The normalized spacial score (nSPS) is 13.2. The predicted molar refractivity (Wildman–Crippen MR) is 103 cm³/mol. The molecule has 0 saturated heterocycles. The number of para-hydroxylation sites is 1. The Morgan fingerprint density at radius 2 is 1.88 bits per heavy atom. The summed E-state index contributed by atoms with van der Waals surface area (Å²) in [6, 6.07) is 13.4. The van der Waals surface area contributed by atoms with Gasteiger partial charge in [-0.2, -0.15) is 0 Å². The third-order valence-corrected chi connectivity index (χ3v) is 4.78. The Labute approximate surface area is 154 Å². The number of ketones is 1. The standard InChI is InChI=1S/C22H25NO3/c1-16-6-3-7-19-8-4-14-23(22(16)19)21(25)9-5-15-26-20-12-10-18(11-13-20)17(2)24/h3,6-7,10-13H,4-5,8-9,14-15H2,1-2H3. The van der Waals surface area contributed by atoms with Crippen molar-refractivity contribution in [3.05, 3.63) is 59.2 Å². The number of amides is 1. The third kappa shape index (κ3) is 4.13. The number of hydrogen-bond acceptors (Lipinski definition) is 3. The average molecular weight is 351 g/mol. The fourth-order valence-electron chi connectivity index (χ4n) is 3.43. The lowest BCUT2D eigenvalue weighted by Crippen LogP contribution is -2.36. The number of anilines is 1. The van der Waals surface area contributed by atoms with Gasteiger partial charge >= 0.3 is 0 Å². The van der Waals surface area contributed by atoms with Crippen molar-refractivity contribution in [1.29, 1.82) is 0 Å². The second-order valence-electron chi connectivity index (χ2n) is 6.76. The lowest BCUT2D eigenvalue weighted by molar-refractivity contribution is -0.118. The zero-order valence-electron chi connectivity index (χ0n) is 15.5. The molecule has 26 heavy (non-hydrogen) atoms. The number of nitrogens with zero attached hydrogens (tertiary/aromatic N) is 1. The van der Waals surface area contributed by atoms with Crippen LogP contribution in [0.15, 0.2) is 42.5 Å². The second-order valence-corrected chi connectivity index (χ2v) is 6.76. The number of benzene rings is 2. The summed E-state index contributed by atoms with van der Waals surface area (Å²) >= 11 is 0. The van der Waals surface area contributed by atoms with Gasteiger partial charge in [0.05, 0.1) is 6.61 Å². The molecule has 0 radical (unpaired) electrons. The first kappa shape index (κ1) is 18.2. The molecule has 0 atom stereocenters. The van der Waals surface area contributed by atoms with Crippen molar-refractivity contribution < 1.29 is 14.3 Å². The lowest BCUT2D eigenvalue weighted by atomic mass is 9.98. The molecule has 0 aromatic heterocycles. The quantitative estimate of drug-likeness (QED) is 0.575. The van der Waals surface area contributed by atoms with Crippen LogP contribution >= 0.6 is 0 Å². The molecule has 2 aromatic rings. The van der Waals surface area contributed by atoms with E-state index in [2.05, 4.69) is 25.1 Å². The van der Waals surface area contributed by atoms with Crippen molar-refractivity contribution in [3.63, 3.8) is 0 Å². The van der Waals surface area contributed by atoms with Crippen LogP contribution in [0.3, 0.4) is 0 Å². The highest BCUT2D eigenvalue weighted by molar-refractivity contribution is 5.95. The molecule has 0 saturated carbocycles. The maximum absolute atomic E-state index is 12.7. The number of carbonyl (C=O) groups is 2. The second kappa shape index (κ2) is 8.17. The van der Waals surface area contributed by atoms with Crippen LogP contribution in [0.4, 0.5) is 5.69 Å². The van der Waals surface area contributed by atoms with E-state index in [1.54, 1.807) is 31.2 Å². The summed E-state index contributed by atoms with van der Waals surface area (Å²) in [4.78, 5) is 25.9. The highest BCUT2D eigenvalue weighted by Gasteiger charge is 2.23. The summed E-state index contributed by atoms with van der Waals surface area (Å²) in [7, 11) is 0. The Kier molecular flexibility index (Phi) is 5.71. The van der Waals surface area contributed by atoms with Crippen molar-refractivity contribution in [2.24, 2.45) is 0 Å². The first-order valence-corrected chi connectivity index (χ1v) is 9.19. The third-order valence-electron chi connectivity index (χ3n) is 4.78. The van der Waals surface area contributed by atoms with Crippen molar-refractivity contribution in [2.45, 2.75) is 39.5 Å². The minimum absolute atomic E-state index is 0.0410. The molecule has 1 aliphatic heterocycles. The Bertz CT molecular complexity index is 796. The minimum atomic E-state index is 0.0410. The van der Waals surface area contributed by atoms with E-state index in [0.717, 1.165) is 36.4 Å². The molecule has 0 spiro atoms. The number of fused-ring (bicyclic) bond motifs is 1. The average Bonchev–Trinajstić information content (AvgIpc) is 2.65. The summed E-state index contributed by atoms with van der Waals surface area (Å²) in [6.07, 6.45) is 3.20. The maximum Gasteiger partial charge on any atom is 0.227 e. The Morgan fingerprint density at radius 3 is 2.62 bits per heavy atom. The molecule has 136 valence electrons. The number of Topliss-reactive ketones (excluding diaryl/α,β-unsaturated/α-hetero) is 1. The van der Waals surface area contributed by atoms with Crippen molar-refractivity contribution in [3.8, 4) is 5.75 Å². The van der Waals surface area contributed by atoms with E-state index in [4.69, 9.17) is 4.74 Å². The fraction of sp³-hybridized carbons (Fsp3) is 0.364. The topological polar surface area (TPSA) is 46.6 Å². The Balaban J connectivity index is 1.52. The summed E-state index contributed by atoms with van der Waals surface area (Å²) in [5.41, 5.74) is 4.21. The highest BCUT2D eigenvalue weighted by atomic mass is 16.5. The molecule has 1 heterocycles. The SMILES string of the molecule is CC(=O)c1ccc(OCCCC(=O)N2CCCc3cccc(C)c32)cc1. The molecule has 0 bridgehead atoms. The van der Waals surface area contributed by atoms with E-state index >= 15 is 0 Å². The summed E-state index contributed by atoms with van der Waals surface area (Å²) in [5.74, 6) is 0.927. The highest BCUT2D eigenvalue weighted by Crippen LogP contribution is 2.31. The van der Waals surface area contributed by atoms with E-state index in [9.17, 15) is 9.59 Å². The lowest BCUT2D eigenvalue weighted by Gasteiger charge is -2.31. The van der Waals surface area contributed by atoms with Gasteiger partial charge < -0.3 is 9.64 Å². The smallest absolute Gasteiger partial charge is 0.227 e. The van der Waals surface area contributed by atoms with Gasteiger partial charge in [-0.05, 0) is 68.5 Å². The monoisotopic (exact) mass is 351 g/mol. The van der Waals surface area contributed by atoms with Gasteiger partial charge in [0.2, 0.25) is 5.91 Å². The van der Waals surface area contributed by atoms with Gasteiger partial charge in [-0.15, -0.1) is 0 Å². The van der Waals surface area contributed by atoms with Crippen LogP contribution in [-0.2, 0) is 11.2 Å². The molecule has 0 unspecified atom stereocenters. The Hall–Kier alpha value is -2.62. The summed E-state index contributed by atoms with van der Waals surface area (Å²) in [6.45, 7) is 4.89. The van der Waals surface area contributed by atoms with Crippen LogP contribution in [0.1, 0.15) is 47.7 Å². The predicted octanol–water partition coefficient (Wildman–Crippen LogP) is 4.34. The van der Waals surface area contributed by atoms with Gasteiger partial charge in [0, 0.05) is 24.2 Å². The minimum Gasteiger partial charge on any atom is -0.494 e. The van der Waals surface area contributed by atoms with Crippen LogP contribution < -0.4 is 9.64 Å². The van der Waals surface area contributed by atoms with Crippen molar-refractivity contribution in [2.75, 3.05) is 18.1 Å². The molecule has 3 rings (SSSR count). The largest absolute Gasteiger partial charge is 0.494 e. The molecule has 4 nitrogen and oxygen atoms in total. The zero-order chi connectivity index (χ0) is 18.5. The molecule has 0 aliphatic carbocycles. The van der Waals surface area contributed by atoms with Gasteiger partial charge in [-0.25, -0.2) is 0 Å². The van der Waals surface area contributed by atoms with E-state index < -0.39 is 0 Å². The van der Waals surface area contributed by atoms with Gasteiger partial charge in [0.1, 0.15) is 5.75 Å². The van der Waals surface area contributed by atoms with E-state index in [-0.39, 0.29) is 11.7 Å². The van der Waals surface area contributed by atoms with Gasteiger partial charge in [0.25, 0.3) is 0 Å². The van der Waals surface area contributed by atoms with E-state index in [0.29, 0.717) is 25.0 Å². The van der Waals surface area contributed by atoms with Crippen molar-refractivity contribution in [1.82, 2.24) is 0 Å². The van der Waals surface area contributed by atoms with Gasteiger partial charge in [-0.1, -0.05) is 18.2 Å². The molecular formula is C22H25NO3. The molecule has 0 fully saturated rings. The zero-order valence-corrected chi connectivity index (χ0v) is 15.5. The van der Waals surface area contributed by atoms with Crippen LogP contribution in [0, 0.1) is 6.92 Å². The van der Waals surface area contributed by atoms with Gasteiger partial charge in [-0.3, -0.25) is 9.59 Å². The molecule has 1 aliphatic rings. The summed E-state index contributed by atoms with van der Waals surface area (Å²) in [5, 5.41) is 0. The van der Waals surface area contributed by atoms with E-state index in [1.165, 1.54) is 5.56 Å².